The molecule has 1 N–H and O–H groups in total. The molecule has 1 aromatic heterocycles. The Balaban J connectivity index is 1.47. The summed E-state index contributed by atoms with van der Waals surface area (Å²) in [6.45, 7) is 5.54. The maximum absolute atomic E-state index is 13.3. The van der Waals surface area contributed by atoms with Gasteiger partial charge in [-0.3, -0.25) is 4.79 Å². The second-order valence-corrected chi connectivity index (χ2v) is 10.9. The Morgan fingerprint density at radius 3 is 2.55 bits per heavy atom. The minimum atomic E-state index is -3.59. The Hall–Kier alpha value is -1.93. The number of benzene rings is 1. The van der Waals surface area contributed by atoms with Gasteiger partial charge in [0, 0.05) is 31.6 Å². The zero-order chi connectivity index (χ0) is 22.0. The van der Waals surface area contributed by atoms with Crippen LogP contribution in [0, 0.1) is 12.8 Å². The molecule has 4 rings (SSSR count). The van der Waals surface area contributed by atoms with E-state index < -0.39 is 10.0 Å². The molecular weight excluding hydrogens is 412 g/mol. The van der Waals surface area contributed by atoms with E-state index in [0.717, 1.165) is 42.5 Å². The molecule has 8 heteroatoms. The molecule has 0 bridgehead atoms. The molecule has 1 aromatic carbocycles. The molecule has 2 fully saturated rings. The normalized spacial score (nSPS) is 19.3. The van der Waals surface area contributed by atoms with Crippen molar-refractivity contribution in [3.8, 4) is 0 Å². The fraction of sp³-hybridized carbons (Fsp3) is 0.652. The number of aromatic nitrogens is 2. The summed E-state index contributed by atoms with van der Waals surface area (Å²) >= 11 is 0. The van der Waals surface area contributed by atoms with Crippen LogP contribution in [0.5, 0.6) is 0 Å². The maximum Gasteiger partial charge on any atom is 0.243 e. The second-order valence-electron chi connectivity index (χ2n) is 8.94. The van der Waals surface area contributed by atoms with Gasteiger partial charge in [0.1, 0.15) is 5.82 Å². The fourth-order valence-corrected chi connectivity index (χ4v) is 6.51. The number of carbonyl (C=O) groups is 1. The zero-order valence-corrected chi connectivity index (χ0v) is 19.5. The number of carbonyl (C=O) groups excluding carboxylic acids is 1. The Kier molecular flexibility index (Phi) is 6.67. The van der Waals surface area contributed by atoms with E-state index in [1.807, 2.05) is 13.0 Å². The molecule has 2 heterocycles. The van der Waals surface area contributed by atoms with Crippen LogP contribution in [0.25, 0.3) is 11.0 Å². The summed E-state index contributed by atoms with van der Waals surface area (Å²) in [7, 11) is -3.59. The van der Waals surface area contributed by atoms with Gasteiger partial charge in [0.15, 0.2) is 0 Å². The van der Waals surface area contributed by atoms with Crippen LogP contribution in [0.3, 0.4) is 0 Å². The first-order valence-electron chi connectivity index (χ1n) is 11.7. The van der Waals surface area contributed by atoms with Crippen LogP contribution in [-0.2, 0) is 14.8 Å². The van der Waals surface area contributed by atoms with Gasteiger partial charge in [-0.05, 0) is 57.2 Å². The first-order chi connectivity index (χ1) is 14.9. The monoisotopic (exact) mass is 446 g/mol. The van der Waals surface area contributed by atoms with Gasteiger partial charge < -0.3 is 9.88 Å². The number of nitrogens with zero attached hydrogens (tertiary/aromatic N) is 3. The number of nitrogens with one attached hydrogen (secondary N) is 1. The third-order valence-electron chi connectivity index (χ3n) is 6.82. The number of fused-ring (bicyclic) bond motifs is 1. The van der Waals surface area contributed by atoms with Crippen LogP contribution in [0.15, 0.2) is 23.1 Å². The zero-order valence-electron chi connectivity index (χ0n) is 18.6. The molecule has 1 saturated heterocycles. The Morgan fingerprint density at radius 2 is 1.87 bits per heavy atom. The summed E-state index contributed by atoms with van der Waals surface area (Å²) in [6, 6.07) is 5.81. The van der Waals surface area contributed by atoms with Gasteiger partial charge in [-0.15, -0.1) is 0 Å². The number of unbranched alkanes of at least 4 members (excludes halogenated alkanes) is 1. The first kappa shape index (κ1) is 22.3. The molecule has 31 heavy (non-hydrogen) atoms. The number of imidazole rings is 1. The van der Waals surface area contributed by atoms with Gasteiger partial charge in [-0.1, -0.05) is 26.2 Å². The number of hydrogen-bond acceptors (Lipinski definition) is 4. The van der Waals surface area contributed by atoms with Crippen molar-refractivity contribution >= 4 is 27.0 Å². The first-order valence-corrected chi connectivity index (χ1v) is 13.1. The predicted octanol–water partition coefficient (Wildman–Crippen LogP) is 3.78. The van der Waals surface area contributed by atoms with Crippen molar-refractivity contribution in [3.05, 3.63) is 24.0 Å². The molecule has 0 unspecified atom stereocenters. The van der Waals surface area contributed by atoms with Crippen LogP contribution in [0.4, 0.5) is 0 Å². The lowest BCUT2D eigenvalue weighted by Crippen LogP contribution is -2.43. The highest BCUT2D eigenvalue weighted by Crippen LogP contribution is 2.34. The predicted molar refractivity (Wildman–Crippen MR) is 121 cm³/mol. The number of piperidine rings is 1. The van der Waals surface area contributed by atoms with E-state index in [2.05, 4.69) is 21.8 Å². The average molecular weight is 447 g/mol. The molecular formula is C23H34N4O3S. The molecule has 1 aliphatic heterocycles. The van der Waals surface area contributed by atoms with Crippen molar-refractivity contribution in [3.63, 3.8) is 0 Å². The third kappa shape index (κ3) is 4.51. The molecule has 7 nitrogen and oxygen atoms in total. The molecule has 0 atom stereocenters. The minimum Gasteiger partial charge on any atom is -0.356 e. The average Bonchev–Trinajstić information content (AvgIpc) is 3.40. The maximum atomic E-state index is 13.3. The summed E-state index contributed by atoms with van der Waals surface area (Å²) < 4.78 is 30.3. The molecule has 1 aliphatic carbocycles. The van der Waals surface area contributed by atoms with Gasteiger partial charge >= 0.3 is 0 Å². The van der Waals surface area contributed by atoms with Gasteiger partial charge in [0.25, 0.3) is 0 Å². The molecule has 1 saturated carbocycles. The van der Waals surface area contributed by atoms with Crippen LogP contribution >= 0.6 is 0 Å². The Labute approximate surface area is 185 Å². The number of aryl methyl sites for hydroxylation is 1. The van der Waals surface area contributed by atoms with Crippen molar-refractivity contribution in [2.75, 3.05) is 19.6 Å². The van der Waals surface area contributed by atoms with Crippen molar-refractivity contribution < 1.29 is 13.2 Å². The van der Waals surface area contributed by atoms with E-state index >= 15 is 0 Å². The number of rotatable bonds is 7. The molecule has 1 amide bonds. The van der Waals surface area contributed by atoms with E-state index in [9.17, 15) is 13.2 Å². The summed E-state index contributed by atoms with van der Waals surface area (Å²) in [6.07, 6.45) is 7.94. The van der Waals surface area contributed by atoms with E-state index in [1.54, 1.807) is 12.1 Å². The number of amides is 1. The number of hydrogen-bond donors (Lipinski definition) is 1. The highest BCUT2D eigenvalue weighted by Gasteiger charge is 2.32. The van der Waals surface area contributed by atoms with Gasteiger partial charge in [-0.25, -0.2) is 13.4 Å². The van der Waals surface area contributed by atoms with Crippen LogP contribution < -0.4 is 5.32 Å². The summed E-state index contributed by atoms with van der Waals surface area (Å²) in [5.74, 6) is 0.904. The van der Waals surface area contributed by atoms with Crippen molar-refractivity contribution in [1.29, 1.82) is 0 Å². The molecule has 170 valence electrons. The van der Waals surface area contributed by atoms with Gasteiger partial charge in [0.05, 0.1) is 15.9 Å². The summed E-state index contributed by atoms with van der Waals surface area (Å²) in [4.78, 5) is 17.3. The van der Waals surface area contributed by atoms with Crippen LogP contribution in [0.1, 0.15) is 70.2 Å². The topological polar surface area (TPSA) is 84.3 Å². The van der Waals surface area contributed by atoms with Crippen molar-refractivity contribution in [2.45, 2.75) is 76.2 Å². The van der Waals surface area contributed by atoms with Crippen molar-refractivity contribution in [1.82, 2.24) is 19.2 Å². The Bertz CT molecular complexity index is 1030. The molecule has 2 aliphatic rings. The lowest BCUT2D eigenvalue weighted by atomic mass is 9.97. The minimum absolute atomic E-state index is 0.0554. The Morgan fingerprint density at radius 1 is 1.16 bits per heavy atom. The highest BCUT2D eigenvalue weighted by molar-refractivity contribution is 7.89. The van der Waals surface area contributed by atoms with E-state index in [-0.39, 0.29) is 11.8 Å². The van der Waals surface area contributed by atoms with E-state index in [1.165, 1.54) is 17.1 Å². The van der Waals surface area contributed by atoms with Crippen LogP contribution in [-0.4, -0.2) is 47.8 Å². The third-order valence-corrected chi connectivity index (χ3v) is 8.71. The molecule has 0 spiro atoms. The highest BCUT2D eigenvalue weighted by atomic mass is 32.2. The lowest BCUT2D eigenvalue weighted by molar-refractivity contribution is -0.126. The van der Waals surface area contributed by atoms with E-state index in [4.69, 9.17) is 0 Å². The SMILES string of the molecule is CCCCNC(=O)C1CCN(S(=O)(=O)c2ccc3c(c2)nc(C)n3C2CCCC2)CC1. The second kappa shape index (κ2) is 9.28. The van der Waals surface area contributed by atoms with Crippen molar-refractivity contribution in [2.24, 2.45) is 5.92 Å². The van der Waals surface area contributed by atoms with Crippen LogP contribution in [0.2, 0.25) is 0 Å². The van der Waals surface area contributed by atoms with E-state index in [0.29, 0.717) is 43.4 Å². The smallest absolute Gasteiger partial charge is 0.243 e. The number of sulfonamides is 1. The van der Waals surface area contributed by atoms with Gasteiger partial charge in [0.2, 0.25) is 15.9 Å². The largest absolute Gasteiger partial charge is 0.356 e. The quantitative estimate of drug-likeness (QED) is 0.656. The molecule has 0 radical (unpaired) electrons. The standard InChI is InChI=1S/C23H34N4O3S/c1-3-4-13-24-23(28)18-11-14-26(15-12-18)31(29,30)20-9-10-22-21(16-20)25-17(2)27(22)19-7-5-6-8-19/h9-10,16,18-19H,3-8,11-15H2,1-2H3,(H,24,28). The van der Waals surface area contributed by atoms with Gasteiger partial charge in [-0.2, -0.15) is 4.31 Å². The fourth-order valence-electron chi connectivity index (χ4n) is 5.02. The summed E-state index contributed by atoms with van der Waals surface area (Å²) in [5.41, 5.74) is 1.77. The molecule has 2 aromatic rings. The summed E-state index contributed by atoms with van der Waals surface area (Å²) in [5, 5.41) is 2.97. The lowest BCUT2D eigenvalue weighted by Gasteiger charge is -2.30.